The van der Waals surface area contributed by atoms with Crippen LogP contribution in [0.4, 0.5) is 10.1 Å². The molecule has 0 saturated carbocycles. The number of carbonyl (C=O) groups excluding carboxylic acids is 2. The highest BCUT2D eigenvalue weighted by Gasteiger charge is 2.20. The molecular formula is C19H21FN2O3. The first-order valence-electron chi connectivity index (χ1n) is 7.97. The number of aliphatic hydroxyl groups is 1. The normalized spacial score (nSPS) is 13.0. The number of aliphatic hydroxyl groups excluding tert-OH is 1. The van der Waals surface area contributed by atoms with Crippen molar-refractivity contribution in [3.63, 3.8) is 0 Å². The van der Waals surface area contributed by atoms with Crippen molar-refractivity contribution in [1.82, 2.24) is 5.32 Å². The van der Waals surface area contributed by atoms with Crippen LogP contribution >= 0.6 is 0 Å². The molecule has 0 aliphatic rings. The number of halogens is 1. The summed E-state index contributed by atoms with van der Waals surface area (Å²) >= 11 is 0. The topological polar surface area (TPSA) is 78.4 Å². The summed E-state index contributed by atoms with van der Waals surface area (Å²) in [6.45, 7) is 2.98. The highest BCUT2D eigenvalue weighted by Crippen LogP contribution is 2.15. The van der Waals surface area contributed by atoms with Crippen molar-refractivity contribution in [2.75, 3.05) is 5.32 Å². The lowest BCUT2D eigenvalue weighted by Crippen LogP contribution is -2.42. The van der Waals surface area contributed by atoms with E-state index in [2.05, 4.69) is 10.6 Å². The van der Waals surface area contributed by atoms with Gasteiger partial charge in [0.25, 0.3) is 5.91 Å². The summed E-state index contributed by atoms with van der Waals surface area (Å²) in [7, 11) is 0. The van der Waals surface area contributed by atoms with Gasteiger partial charge in [0.15, 0.2) is 0 Å². The fourth-order valence-electron chi connectivity index (χ4n) is 2.39. The van der Waals surface area contributed by atoms with Crippen LogP contribution < -0.4 is 10.6 Å². The summed E-state index contributed by atoms with van der Waals surface area (Å²) in [6.07, 6.45) is -0.440. The maximum absolute atomic E-state index is 13.9. The Kier molecular flexibility index (Phi) is 6.25. The fraction of sp³-hybridized carbons (Fsp3) is 0.263. The van der Waals surface area contributed by atoms with Crippen molar-refractivity contribution in [2.24, 2.45) is 0 Å². The summed E-state index contributed by atoms with van der Waals surface area (Å²) in [5.41, 5.74) is 1.08. The van der Waals surface area contributed by atoms with Gasteiger partial charge in [-0.2, -0.15) is 0 Å². The second kappa shape index (κ2) is 8.39. The Labute approximate surface area is 145 Å². The van der Waals surface area contributed by atoms with Gasteiger partial charge in [-0.3, -0.25) is 9.59 Å². The number of hydrogen-bond acceptors (Lipinski definition) is 3. The number of hydrogen-bond donors (Lipinski definition) is 3. The van der Waals surface area contributed by atoms with Crippen molar-refractivity contribution in [3.05, 3.63) is 65.5 Å². The molecule has 3 N–H and O–H groups in total. The minimum atomic E-state index is -0.812. The standard InChI is InChI=1S/C19H21FN2O3/c1-12(18(24)10-14-6-4-3-5-7-14)21-19(25)16-11-15(22-13(2)23)8-9-17(16)20/h3-9,11-12,18,24H,10H2,1-2H3,(H,21,25)(H,22,23). The first-order chi connectivity index (χ1) is 11.9. The molecule has 2 unspecified atom stereocenters. The molecule has 2 amide bonds. The molecule has 0 saturated heterocycles. The lowest BCUT2D eigenvalue weighted by molar-refractivity contribution is -0.114. The Balaban J connectivity index is 2.04. The van der Waals surface area contributed by atoms with Crippen molar-refractivity contribution >= 4 is 17.5 Å². The van der Waals surface area contributed by atoms with Gasteiger partial charge >= 0.3 is 0 Å². The Morgan fingerprint density at radius 3 is 2.48 bits per heavy atom. The smallest absolute Gasteiger partial charge is 0.254 e. The van der Waals surface area contributed by atoms with Crippen molar-refractivity contribution < 1.29 is 19.1 Å². The molecule has 0 aromatic heterocycles. The van der Waals surface area contributed by atoms with Crippen molar-refractivity contribution in [1.29, 1.82) is 0 Å². The van der Waals surface area contributed by atoms with E-state index in [1.165, 1.54) is 19.1 Å². The van der Waals surface area contributed by atoms with Crippen LogP contribution in [0.5, 0.6) is 0 Å². The molecule has 2 rings (SSSR count). The van der Waals surface area contributed by atoms with Crippen molar-refractivity contribution in [2.45, 2.75) is 32.4 Å². The lowest BCUT2D eigenvalue weighted by Gasteiger charge is -2.20. The van der Waals surface area contributed by atoms with Gasteiger partial charge in [-0.25, -0.2) is 4.39 Å². The molecule has 0 aliphatic heterocycles. The summed E-state index contributed by atoms with van der Waals surface area (Å²) in [5.74, 6) is -1.66. The Bertz CT molecular complexity index is 750. The van der Waals surface area contributed by atoms with Gasteiger partial charge in [-0.05, 0) is 30.7 Å². The molecule has 0 aliphatic carbocycles. The number of nitrogens with one attached hydrogen (secondary N) is 2. The molecule has 0 bridgehead atoms. The molecule has 2 aromatic rings. The van der Waals surface area contributed by atoms with Crippen LogP contribution in [-0.2, 0) is 11.2 Å². The van der Waals surface area contributed by atoms with Crippen LogP contribution in [0.1, 0.15) is 29.8 Å². The van der Waals surface area contributed by atoms with E-state index >= 15 is 0 Å². The molecule has 6 heteroatoms. The molecule has 132 valence electrons. The highest BCUT2D eigenvalue weighted by atomic mass is 19.1. The molecule has 25 heavy (non-hydrogen) atoms. The largest absolute Gasteiger partial charge is 0.391 e. The summed E-state index contributed by atoms with van der Waals surface area (Å²) in [4.78, 5) is 23.4. The van der Waals surface area contributed by atoms with E-state index in [-0.39, 0.29) is 11.5 Å². The number of carbonyl (C=O) groups is 2. The van der Waals surface area contributed by atoms with E-state index in [1.54, 1.807) is 6.92 Å². The number of benzene rings is 2. The predicted octanol–water partition coefficient (Wildman–Crippen LogP) is 2.51. The Morgan fingerprint density at radius 2 is 1.84 bits per heavy atom. The predicted molar refractivity (Wildman–Crippen MR) is 93.8 cm³/mol. The van der Waals surface area contributed by atoms with Crippen LogP contribution in [-0.4, -0.2) is 29.1 Å². The van der Waals surface area contributed by atoms with Gasteiger partial charge in [0, 0.05) is 19.0 Å². The van der Waals surface area contributed by atoms with Gasteiger partial charge in [0.05, 0.1) is 17.7 Å². The Hall–Kier alpha value is -2.73. The lowest BCUT2D eigenvalue weighted by atomic mass is 10.0. The van der Waals surface area contributed by atoms with Gasteiger partial charge < -0.3 is 15.7 Å². The monoisotopic (exact) mass is 344 g/mol. The van der Waals surface area contributed by atoms with Crippen LogP contribution in [0.2, 0.25) is 0 Å². The minimum Gasteiger partial charge on any atom is -0.391 e. The minimum absolute atomic E-state index is 0.190. The molecule has 0 fully saturated rings. The van der Waals surface area contributed by atoms with Crippen LogP contribution in [0.25, 0.3) is 0 Å². The van der Waals surface area contributed by atoms with Gasteiger partial charge in [0.2, 0.25) is 5.91 Å². The second-order valence-electron chi connectivity index (χ2n) is 5.90. The van der Waals surface area contributed by atoms with Gasteiger partial charge in [-0.15, -0.1) is 0 Å². The van der Waals surface area contributed by atoms with E-state index in [9.17, 15) is 19.1 Å². The number of anilines is 1. The number of amides is 2. The second-order valence-corrected chi connectivity index (χ2v) is 5.90. The SMILES string of the molecule is CC(=O)Nc1ccc(F)c(C(=O)NC(C)C(O)Cc2ccccc2)c1. The zero-order chi connectivity index (χ0) is 18.4. The highest BCUT2D eigenvalue weighted by molar-refractivity contribution is 5.97. The molecule has 0 spiro atoms. The first-order valence-corrected chi connectivity index (χ1v) is 7.97. The maximum Gasteiger partial charge on any atom is 0.254 e. The van der Waals surface area contributed by atoms with E-state index in [0.717, 1.165) is 11.6 Å². The number of rotatable bonds is 6. The summed E-state index contributed by atoms with van der Waals surface area (Å²) < 4.78 is 13.9. The molecule has 2 atom stereocenters. The zero-order valence-electron chi connectivity index (χ0n) is 14.1. The molecule has 5 nitrogen and oxygen atoms in total. The van der Waals surface area contributed by atoms with E-state index < -0.39 is 23.9 Å². The van der Waals surface area contributed by atoms with Gasteiger partial charge in [-0.1, -0.05) is 30.3 Å². The third-order valence-corrected chi connectivity index (χ3v) is 3.75. The van der Waals surface area contributed by atoms with E-state index in [4.69, 9.17) is 0 Å². The fourth-order valence-corrected chi connectivity index (χ4v) is 2.39. The third-order valence-electron chi connectivity index (χ3n) is 3.75. The van der Waals surface area contributed by atoms with Gasteiger partial charge in [0.1, 0.15) is 5.82 Å². The molecule has 0 radical (unpaired) electrons. The molecule has 2 aromatic carbocycles. The van der Waals surface area contributed by atoms with Crippen molar-refractivity contribution in [3.8, 4) is 0 Å². The first kappa shape index (κ1) is 18.6. The summed E-state index contributed by atoms with van der Waals surface area (Å²) in [5, 5.41) is 15.3. The van der Waals surface area contributed by atoms with E-state index in [0.29, 0.717) is 12.1 Å². The average Bonchev–Trinajstić information content (AvgIpc) is 2.56. The van der Waals surface area contributed by atoms with Crippen LogP contribution in [0.3, 0.4) is 0 Å². The van der Waals surface area contributed by atoms with Crippen LogP contribution in [0, 0.1) is 5.82 Å². The molecule has 0 heterocycles. The zero-order valence-corrected chi connectivity index (χ0v) is 14.1. The Morgan fingerprint density at radius 1 is 1.16 bits per heavy atom. The quantitative estimate of drug-likeness (QED) is 0.753. The average molecular weight is 344 g/mol. The van der Waals surface area contributed by atoms with E-state index in [1.807, 2.05) is 30.3 Å². The van der Waals surface area contributed by atoms with Crippen LogP contribution in [0.15, 0.2) is 48.5 Å². The molecular weight excluding hydrogens is 323 g/mol. The maximum atomic E-state index is 13.9. The summed E-state index contributed by atoms with van der Waals surface area (Å²) in [6, 6.07) is 12.6. The third kappa shape index (κ3) is 5.39.